The van der Waals surface area contributed by atoms with Gasteiger partial charge in [0.25, 0.3) is 0 Å². The molecule has 0 bridgehead atoms. The van der Waals surface area contributed by atoms with E-state index < -0.39 is 12.1 Å². The molecule has 0 aromatic rings. The Kier molecular flexibility index (Phi) is 19.4. The normalized spacial score (nSPS) is 11.7. The number of ether oxygens (including phenoxy) is 1. The molecule has 0 heterocycles. The number of unbranched alkanes of at least 4 members (excludes halogenated alkanes) is 9. The Hall–Kier alpha value is 0.690. The summed E-state index contributed by atoms with van der Waals surface area (Å²) in [5, 5.41) is 8.91. The molecule has 0 aromatic heterocycles. The molecule has 3 nitrogen and oxygen atoms in total. The Balaban J connectivity index is 0. The second kappa shape index (κ2) is 16.7. The third kappa shape index (κ3) is 16.6. The van der Waals surface area contributed by atoms with Gasteiger partial charge < -0.3 is 9.84 Å². The van der Waals surface area contributed by atoms with Crippen molar-refractivity contribution < 1.29 is 14.6 Å². The summed E-state index contributed by atoms with van der Waals surface area (Å²) in [4.78, 5) is 10.9. The Morgan fingerprint density at radius 1 is 0.947 bits per heavy atom. The van der Waals surface area contributed by atoms with Gasteiger partial charge in [-0.25, -0.2) is 4.79 Å². The van der Waals surface area contributed by atoms with Crippen molar-refractivity contribution in [2.75, 3.05) is 6.61 Å². The van der Waals surface area contributed by atoms with Crippen molar-refractivity contribution in [2.24, 2.45) is 0 Å². The maximum absolute atomic E-state index is 10.9. The van der Waals surface area contributed by atoms with Crippen molar-refractivity contribution in [3.63, 3.8) is 0 Å². The zero-order valence-electron chi connectivity index (χ0n) is 12.1. The summed E-state index contributed by atoms with van der Waals surface area (Å²) in [7, 11) is 0. The topological polar surface area (TPSA) is 46.5 Å². The van der Waals surface area contributed by atoms with Gasteiger partial charge in [0.1, 0.15) is 6.10 Å². The van der Waals surface area contributed by atoms with Crippen LogP contribution in [0.2, 0.25) is 0 Å². The van der Waals surface area contributed by atoms with E-state index in [1.54, 1.807) is 0 Å². The van der Waals surface area contributed by atoms with Gasteiger partial charge >= 0.3 is 43.7 Å². The van der Waals surface area contributed by atoms with Crippen molar-refractivity contribution >= 4 is 43.7 Å². The van der Waals surface area contributed by atoms with Crippen molar-refractivity contribution in [1.29, 1.82) is 0 Å². The molecule has 0 saturated heterocycles. The standard InChI is InChI=1S/C15H30O3.Ca.2H/c1-3-4-5-6-7-8-9-10-11-12-13-18-15(17)14(2)16;;;/h14,16H,3-13H2,1-2H3;;;. The summed E-state index contributed by atoms with van der Waals surface area (Å²) in [6.45, 7) is 4.12. The molecule has 0 aliphatic heterocycles. The molecule has 1 N–H and O–H groups in total. The molecule has 0 saturated carbocycles. The molecule has 0 aliphatic carbocycles. The monoisotopic (exact) mass is 300 g/mol. The minimum atomic E-state index is -0.992. The first-order valence-electron chi connectivity index (χ1n) is 7.53. The predicted molar refractivity (Wildman–Crippen MR) is 83.0 cm³/mol. The number of hydrogen-bond donors (Lipinski definition) is 1. The van der Waals surface area contributed by atoms with E-state index in [1.807, 2.05) is 0 Å². The predicted octanol–water partition coefficient (Wildman–Crippen LogP) is 2.92. The SMILES string of the molecule is CCCCCCCCCCCCOC(=O)C(C)O.[CaH2]. The summed E-state index contributed by atoms with van der Waals surface area (Å²) in [6, 6.07) is 0. The Morgan fingerprint density at radius 3 is 1.79 bits per heavy atom. The van der Waals surface area contributed by atoms with Crippen LogP contribution in [0.3, 0.4) is 0 Å². The van der Waals surface area contributed by atoms with E-state index >= 15 is 0 Å². The second-order valence-electron chi connectivity index (χ2n) is 5.03. The van der Waals surface area contributed by atoms with E-state index in [9.17, 15) is 4.79 Å². The molecule has 0 radical (unpaired) electrons. The molecule has 1 atom stereocenters. The first-order chi connectivity index (χ1) is 8.68. The van der Waals surface area contributed by atoms with Crippen molar-refractivity contribution in [1.82, 2.24) is 0 Å². The third-order valence-electron chi connectivity index (χ3n) is 3.08. The minimum absolute atomic E-state index is 0. The first kappa shape index (κ1) is 22.0. The number of aliphatic hydroxyl groups excluding tert-OH is 1. The zero-order chi connectivity index (χ0) is 13.6. The first-order valence-corrected chi connectivity index (χ1v) is 7.53. The van der Waals surface area contributed by atoms with Crippen molar-refractivity contribution in [2.45, 2.75) is 84.2 Å². The summed E-state index contributed by atoms with van der Waals surface area (Å²) < 4.78 is 4.89. The number of carbonyl (C=O) groups is 1. The van der Waals surface area contributed by atoms with Gasteiger partial charge in [0.05, 0.1) is 6.61 Å². The van der Waals surface area contributed by atoms with Crippen LogP contribution in [0.1, 0.15) is 78.1 Å². The van der Waals surface area contributed by atoms with Crippen LogP contribution >= 0.6 is 0 Å². The second-order valence-corrected chi connectivity index (χ2v) is 5.03. The van der Waals surface area contributed by atoms with E-state index in [0.717, 1.165) is 12.8 Å². The molecule has 112 valence electrons. The van der Waals surface area contributed by atoms with Crippen LogP contribution in [0.5, 0.6) is 0 Å². The molecule has 0 fully saturated rings. The molecular weight excluding hydrogens is 268 g/mol. The number of esters is 1. The molecule has 4 heteroatoms. The quantitative estimate of drug-likeness (QED) is 0.342. The van der Waals surface area contributed by atoms with Crippen LogP contribution in [-0.2, 0) is 9.53 Å². The third-order valence-corrected chi connectivity index (χ3v) is 3.08. The van der Waals surface area contributed by atoms with Gasteiger partial charge in [-0.15, -0.1) is 0 Å². The van der Waals surface area contributed by atoms with E-state index in [1.165, 1.54) is 58.3 Å². The van der Waals surface area contributed by atoms with Gasteiger partial charge in [-0.05, 0) is 13.3 Å². The van der Waals surface area contributed by atoms with Gasteiger partial charge in [-0.2, -0.15) is 0 Å². The van der Waals surface area contributed by atoms with Gasteiger partial charge in [0.2, 0.25) is 0 Å². The molecule has 0 spiro atoms. The average Bonchev–Trinajstić information content (AvgIpc) is 2.35. The van der Waals surface area contributed by atoms with Crippen LogP contribution in [0.15, 0.2) is 0 Å². The number of rotatable bonds is 12. The van der Waals surface area contributed by atoms with E-state index in [4.69, 9.17) is 9.84 Å². The Labute approximate surface area is 148 Å². The summed E-state index contributed by atoms with van der Waals surface area (Å²) in [6.07, 6.45) is 11.7. The molecule has 0 aromatic carbocycles. The van der Waals surface area contributed by atoms with Gasteiger partial charge in [-0.1, -0.05) is 64.7 Å². The summed E-state index contributed by atoms with van der Waals surface area (Å²) in [5.74, 6) is -0.508. The Morgan fingerprint density at radius 2 is 1.37 bits per heavy atom. The fourth-order valence-corrected chi connectivity index (χ4v) is 1.88. The van der Waals surface area contributed by atoms with E-state index in [2.05, 4.69) is 6.92 Å². The van der Waals surface area contributed by atoms with Crippen LogP contribution < -0.4 is 0 Å². The maximum atomic E-state index is 10.9. The molecule has 0 rings (SSSR count). The van der Waals surface area contributed by atoms with Crippen molar-refractivity contribution in [3.8, 4) is 0 Å². The zero-order valence-corrected chi connectivity index (χ0v) is 12.1. The van der Waals surface area contributed by atoms with E-state index in [0.29, 0.717) is 6.61 Å². The number of hydrogen-bond acceptors (Lipinski definition) is 3. The summed E-state index contributed by atoms with van der Waals surface area (Å²) >= 11 is 0. The molecule has 0 aliphatic rings. The van der Waals surface area contributed by atoms with Crippen molar-refractivity contribution in [3.05, 3.63) is 0 Å². The van der Waals surface area contributed by atoms with Crippen LogP contribution in [0, 0.1) is 0 Å². The molecule has 19 heavy (non-hydrogen) atoms. The van der Waals surface area contributed by atoms with Crippen LogP contribution in [-0.4, -0.2) is 61.5 Å². The number of aliphatic hydroxyl groups is 1. The van der Waals surface area contributed by atoms with Crippen LogP contribution in [0.25, 0.3) is 0 Å². The number of carbonyl (C=O) groups excluding carboxylic acids is 1. The van der Waals surface area contributed by atoms with Gasteiger partial charge in [0.15, 0.2) is 0 Å². The van der Waals surface area contributed by atoms with Gasteiger partial charge in [0, 0.05) is 0 Å². The van der Waals surface area contributed by atoms with E-state index in [-0.39, 0.29) is 37.7 Å². The molecule has 0 amide bonds. The fraction of sp³-hybridized carbons (Fsp3) is 0.933. The molecule has 1 unspecified atom stereocenters. The fourth-order valence-electron chi connectivity index (χ4n) is 1.88. The van der Waals surface area contributed by atoms with Crippen LogP contribution in [0.4, 0.5) is 0 Å². The summed E-state index contributed by atoms with van der Waals surface area (Å²) in [5.41, 5.74) is 0. The molecular formula is C15H32CaO3. The average molecular weight is 300 g/mol. The Bertz CT molecular complexity index is 196. The van der Waals surface area contributed by atoms with Gasteiger partial charge in [-0.3, -0.25) is 0 Å².